The number of hydrogen-bond acceptors (Lipinski definition) is 2. The van der Waals surface area contributed by atoms with Crippen LogP contribution in [0, 0.1) is 0 Å². The fourth-order valence-electron chi connectivity index (χ4n) is 1.29. The van der Waals surface area contributed by atoms with Gasteiger partial charge in [-0.1, -0.05) is 46.9 Å². The second-order valence-corrected chi connectivity index (χ2v) is 4.44. The van der Waals surface area contributed by atoms with E-state index in [4.69, 9.17) is 39.5 Å². The Morgan fingerprint density at radius 3 is 2.65 bits per heavy atom. The van der Waals surface area contributed by atoms with Crippen LogP contribution < -0.4 is 4.74 Å². The Kier molecular flexibility index (Phi) is 4.11. The zero-order valence-electron chi connectivity index (χ0n) is 8.66. The average Bonchev–Trinajstić information content (AvgIpc) is 2.33. The van der Waals surface area contributed by atoms with Crippen molar-refractivity contribution < 1.29 is 4.74 Å². The van der Waals surface area contributed by atoms with Crippen molar-refractivity contribution >= 4 is 34.8 Å². The van der Waals surface area contributed by atoms with E-state index in [1.807, 2.05) is 12.1 Å². The van der Waals surface area contributed by atoms with Gasteiger partial charge in [0.1, 0.15) is 6.61 Å². The molecule has 1 heterocycles. The molecule has 0 aliphatic carbocycles. The number of hydrogen-bond donors (Lipinski definition) is 0. The van der Waals surface area contributed by atoms with Crippen LogP contribution in [-0.4, -0.2) is 4.98 Å². The minimum Gasteiger partial charge on any atom is -0.486 e. The van der Waals surface area contributed by atoms with Gasteiger partial charge in [0.2, 0.25) is 0 Å². The predicted octanol–water partition coefficient (Wildman–Crippen LogP) is 4.62. The topological polar surface area (TPSA) is 22.1 Å². The molecule has 2 rings (SSSR count). The smallest absolute Gasteiger partial charge is 0.171 e. The Bertz CT molecular complexity index is 531. The Balaban J connectivity index is 2.13. The lowest BCUT2D eigenvalue weighted by molar-refractivity contribution is 0.305. The highest BCUT2D eigenvalue weighted by molar-refractivity contribution is 6.42. The largest absolute Gasteiger partial charge is 0.486 e. The summed E-state index contributed by atoms with van der Waals surface area (Å²) in [6, 6.07) is 8.88. The summed E-state index contributed by atoms with van der Waals surface area (Å²) in [5.41, 5.74) is 0.805. The van der Waals surface area contributed by atoms with E-state index >= 15 is 0 Å². The molecule has 2 nitrogen and oxygen atoms in total. The van der Waals surface area contributed by atoms with Crippen LogP contribution in [-0.2, 0) is 6.61 Å². The van der Waals surface area contributed by atoms with E-state index in [1.54, 1.807) is 24.4 Å². The second kappa shape index (κ2) is 5.58. The number of ether oxygens (including phenoxy) is 1. The van der Waals surface area contributed by atoms with E-state index in [-0.39, 0.29) is 0 Å². The highest BCUT2D eigenvalue weighted by Gasteiger charge is 2.06. The number of benzene rings is 1. The summed E-state index contributed by atoms with van der Waals surface area (Å²) in [7, 11) is 0. The van der Waals surface area contributed by atoms with Crippen molar-refractivity contribution in [3.8, 4) is 5.75 Å². The van der Waals surface area contributed by atoms with Crippen LogP contribution in [0.2, 0.25) is 15.2 Å². The Hall–Kier alpha value is -0.960. The van der Waals surface area contributed by atoms with E-state index in [2.05, 4.69) is 4.98 Å². The lowest BCUT2D eigenvalue weighted by Crippen LogP contribution is -1.97. The van der Waals surface area contributed by atoms with Gasteiger partial charge in [-0.15, -0.1) is 0 Å². The van der Waals surface area contributed by atoms with E-state index < -0.39 is 0 Å². The molecule has 2 aromatic rings. The number of rotatable bonds is 3. The van der Waals surface area contributed by atoms with Crippen molar-refractivity contribution in [3.63, 3.8) is 0 Å². The molecule has 0 saturated carbocycles. The summed E-state index contributed by atoms with van der Waals surface area (Å²) in [6.45, 7) is 0.296. The zero-order chi connectivity index (χ0) is 12.3. The first kappa shape index (κ1) is 12.5. The monoisotopic (exact) mass is 287 g/mol. The first-order valence-electron chi connectivity index (χ1n) is 4.84. The lowest BCUT2D eigenvalue weighted by Gasteiger charge is -2.09. The normalized spacial score (nSPS) is 10.3. The maximum atomic E-state index is 6.04. The Labute approximate surface area is 114 Å². The van der Waals surface area contributed by atoms with E-state index in [0.29, 0.717) is 27.6 Å². The molecule has 17 heavy (non-hydrogen) atoms. The summed E-state index contributed by atoms with van der Waals surface area (Å²) >= 11 is 17.8. The van der Waals surface area contributed by atoms with Gasteiger partial charge in [-0.2, -0.15) is 0 Å². The Morgan fingerprint density at radius 2 is 1.88 bits per heavy atom. The van der Waals surface area contributed by atoms with Crippen molar-refractivity contribution in [2.24, 2.45) is 0 Å². The summed E-state index contributed by atoms with van der Waals surface area (Å²) in [6.07, 6.45) is 1.60. The second-order valence-electron chi connectivity index (χ2n) is 3.29. The number of aromatic nitrogens is 1. The maximum absolute atomic E-state index is 6.04. The summed E-state index contributed by atoms with van der Waals surface area (Å²) < 4.78 is 5.52. The molecule has 0 radical (unpaired) electrons. The van der Waals surface area contributed by atoms with E-state index in [9.17, 15) is 0 Å². The number of halogens is 3. The molecule has 0 amide bonds. The fourth-order valence-corrected chi connectivity index (χ4v) is 1.84. The summed E-state index contributed by atoms with van der Waals surface area (Å²) in [4.78, 5) is 3.91. The van der Waals surface area contributed by atoms with Crippen LogP contribution in [0.3, 0.4) is 0 Å². The van der Waals surface area contributed by atoms with Crippen LogP contribution in [0.5, 0.6) is 5.75 Å². The van der Waals surface area contributed by atoms with Gasteiger partial charge in [0.15, 0.2) is 10.9 Å². The predicted molar refractivity (Wildman–Crippen MR) is 70.0 cm³/mol. The van der Waals surface area contributed by atoms with Crippen LogP contribution in [0.25, 0.3) is 0 Å². The molecule has 1 aromatic heterocycles. The molecule has 1 aromatic carbocycles. The third kappa shape index (κ3) is 3.03. The van der Waals surface area contributed by atoms with Crippen molar-refractivity contribution in [1.82, 2.24) is 4.98 Å². The fraction of sp³-hybridized carbons (Fsp3) is 0.0833. The number of nitrogens with zero attached hydrogens (tertiary/aromatic N) is 1. The van der Waals surface area contributed by atoms with Gasteiger partial charge in [-0.05, 0) is 18.2 Å². The molecule has 0 atom stereocenters. The van der Waals surface area contributed by atoms with Crippen LogP contribution >= 0.6 is 34.8 Å². The molecule has 0 unspecified atom stereocenters. The first-order valence-corrected chi connectivity index (χ1v) is 5.98. The van der Waals surface area contributed by atoms with Gasteiger partial charge in [-0.25, -0.2) is 4.98 Å². The maximum Gasteiger partial charge on any atom is 0.171 e. The minimum absolute atomic E-state index is 0.296. The molecule has 0 fully saturated rings. The molecule has 0 aliphatic heterocycles. The molecular weight excluding hydrogens is 280 g/mol. The van der Waals surface area contributed by atoms with Gasteiger partial charge < -0.3 is 4.74 Å². The molecule has 88 valence electrons. The molecule has 0 bridgehead atoms. The average molecular weight is 289 g/mol. The van der Waals surface area contributed by atoms with Gasteiger partial charge in [0, 0.05) is 11.8 Å². The first-order chi connectivity index (χ1) is 8.18. The third-order valence-electron chi connectivity index (χ3n) is 2.14. The SMILES string of the molecule is Clc1cccc(COc2cccnc2Cl)c1Cl. The molecule has 0 aliphatic rings. The molecule has 0 spiro atoms. The standard InChI is InChI=1S/C12H8Cl3NO/c13-9-4-1-3-8(11(9)14)7-17-10-5-2-6-16-12(10)15/h1-6H,7H2. The zero-order valence-corrected chi connectivity index (χ0v) is 10.9. The minimum atomic E-state index is 0.296. The van der Waals surface area contributed by atoms with Crippen molar-refractivity contribution in [2.45, 2.75) is 6.61 Å². The highest BCUT2D eigenvalue weighted by atomic mass is 35.5. The van der Waals surface area contributed by atoms with Crippen molar-refractivity contribution in [3.05, 3.63) is 57.3 Å². The highest BCUT2D eigenvalue weighted by Crippen LogP contribution is 2.27. The molecule has 0 N–H and O–H groups in total. The van der Waals surface area contributed by atoms with Gasteiger partial charge in [-0.3, -0.25) is 0 Å². The molecule has 0 saturated heterocycles. The third-order valence-corrected chi connectivity index (χ3v) is 3.28. The van der Waals surface area contributed by atoms with Crippen molar-refractivity contribution in [1.29, 1.82) is 0 Å². The molecular formula is C12H8Cl3NO. The van der Waals surface area contributed by atoms with Crippen LogP contribution in [0.15, 0.2) is 36.5 Å². The van der Waals surface area contributed by atoms with Crippen molar-refractivity contribution in [2.75, 3.05) is 0 Å². The lowest BCUT2D eigenvalue weighted by atomic mass is 10.2. The number of pyridine rings is 1. The van der Waals surface area contributed by atoms with E-state index in [0.717, 1.165) is 5.56 Å². The van der Waals surface area contributed by atoms with Crippen LogP contribution in [0.4, 0.5) is 0 Å². The van der Waals surface area contributed by atoms with Crippen LogP contribution in [0.1, 0.15) is 5.56 Å². The quantitative estimate of drug-likeness (QED) is 0.769. The molecule has 5 heteroatoms. The van der Waals surface area contributed by atoms with Gasteiger partial charge >= 0.3 is 0 Å². The summed E-state index contributed by atoms with van der Waals surface area (Å²) in [5, 5.41) is 1.32. The van der Waals surface area contributed by atoms with E-state index in [1.165, 1.54) is 0 Å². The van der Waals surface area contributed by atoms with Gasteiger partial charge in [0.05, 0.1) is 10.0 Å². The summed E-state index contributed by atoms with van der Waals surface area (Å²) in [5.74, 6) is 0.519. The Morgan fingerprint density at radius 1 is 1.06 bits per heavy atom. The van der Waals surface area contributed by atoms with Gasteiger partial charge in [0.25, 0.3) is 0 Å².